The first kappa shape index (κ1) is 14.4. The van der Waals surface area contributed by atoms with Gasteiger partial charge in [-0.3, -0.25) is 14.4 Å². The molecule has 16 heavy (non-hydrogen) atoms. The standard InChI is InChI=1S/C10H16O6/c1-3-6(4-2)10(8(13)14,9(15)16)5-7(11)12/h6H,3-5H2,1-2H3,(H,11,12)(H,13,14)(H,15,16). The number of aliphatic carboxylic acids is 3. The average molecular weight is 232 g/mol. The van der Waals surface area contributed by atoms with Gasteiger partial charge >= 0.3 is 17.9 Å². The highest BCUT2D eigenvalue weighted by atomic mass is 16.4. The topological polar surface area (TPSA) is 112 Å². The van der Waals surface area contributed by atoms with Gasteiger partial charge in [-0.05, 0) is 5.92 Å². The third kappa shape index (κ3) is 2.50. The van der Waals surface area contributed by atoms with Gasteiger partial charge < -0.3 is 15.3 Å². The van der Waals surface area contributed by atoms with E-state index >= 15 is 0 Å². The lowest BCUT2D eigenvalue weighted by molar-refractivity contribution is -0.174. The second-order valence-corrected chi connectivity index (χ2v) is 3.67. The van der Waals surface area contributed by atoms with Gasteiger partial charge in [0, 0.05) is 0 Å². The third-order valence-electron chi connectivity index (χ3n) is 2.88. The van der Waals surface area contributed by atoms with Crippen LogP contribution in [0.5, 0.6) is 0 Å². The summed E-state index contributed by atoms with van der Waals surface area (Å²) >= 11 is 0. The molecule has 0 atom stereocenters. The summed E-state index contributed by atoms with van der Waals surface area (Å²) in [6.45, 7) is 3.30. The van der Waals surface area contributed by atoms with Crippen LogP contribution in [0.2, 0.25) is 0 Å². The van der Waals surface area contributed by atoms with E-state index in [0.717, 1.165) is 0 Å². The van der Waals surface area contributed by atoms with Crippen LogP contribution in [-0.4, -0.2) is 33.2 Å². The van der Waals surface area contributed by atoms with E-state index in [4.69, 9.17) is 15.3 Å². The van der Waals surface area contributed by atoms with Gasteiger partial charge in [-0.15, -0.1) is 0 Å². The molecule has 0 spiro atoms. The Morgan fingerprint density at radius 2 is 1.38 bits per heavy atom. The van der Waals surface area contributed by atoms with Crippen LogP contribution in [0.25, 0.3) is 0 Å². The molecule has 3 N–H and O–H groups in total. The minimum absolute atomic E-state index is 0.308. The first-order valence-corrected chi connectivity index (χ1v) is 5.01. The summed E-state index contributed by atoms with van der Waals surface area (Å²) in [5.41, 5.74) is -2.23. The summed E-state index contributed by atoms with van der Waals surface area (Å²) in [4.78, 5) is 32.9. The Balaban J connectivity index is 5.50. The number of rotatable bonds is 7. The fourth-order valence-corrected chi connectivity index (χ4v) is 1.96. The highest BCUT2D eigenvalue weighted by Gasteiger charge is 2.53. The fourth-order valence-electron chi connectivity index (χ4n) is 1.96. The Kier molecular flexibility index (Phi) is 4.94. The van der Waals surface area contributed by atoms with Crippen LogP contribution in [0.4, 0.5) is 0 Å². The van der Waals surface area contributed by atoms with Crippen molar-refractivity contribution in [3.8, 4) is 0 Å². The smallest absolute Gasteiger partial charge is 0.321 e. The van der Waals surface area contributed by atoms with E-state index in [1.165, 1.54) is 0 Å². The Morgan fingerprint density at radius 3 is 1.56 bits per heavy atom. The highest BCUT2D eigenvalue weighted by molar-refractivity contribution is 6.01. The van der Waals surface area contributed by atoms with Crippen molar-refractivity contribution in [2.75, 3.05) is 0 Å². The van der Waals surface area contributed by atoms with Gasteiger partial charge in [0.15, 0.2) is 5.41 Å². The van der Waals surface area contributed by atoms with Crippen molar-refractivity contribution in [3.05, 3.63) is 0 Å². The van der Waals surface area contributed by atoms with E-state index in [0.29, 0.717) is 12.8 Å². The van der Waals surface area contributed by atoms with E-state index in [1.54, 1.807) is 13.8 Å². The minimum Gasteiger partial charge on any atom is -0.481 e. The molecule has 0 heterocycles. The predicted octanol–water partition coefficient (Wildman–Crippen LogP) is 1.05. The Bertz CT molecular complexity index is 278. The van der Waals surface area contributed by atoms with Crippen molar-refractivity contribution in [1.82, 2.24) is 0 Å². The summed E-state index contributed by atoms with van der Waals surface area (Å²) in [6, 6.07) is 0. The summed E-state index contributed by atoms with van der Waals surface area (Å²) in [6.07, 6.45) is -0.283. The van der Waals surface area contributed by atoms with Crippen molar-refractivity contribution in [1.29, 1.82) is 0 Å². The summed E-state index contributed by atoms with van der Waals surface area (Å²) in [5.74, 6) is -5.29. The molecule has 0 aliphatic rings. The maximum absolute atomic E-state index is 11.1. The van der Waals surface area contributed by atoms with Crippen molar-refractivity contribution >= 4 is 17.9 Å². The Labute approximate surface area is 92.9 Å². The largest absolute Gasteiger partial charge is 0.481 e. The van der Waals surface area contributed by atoms with Crippen LogP contribution >= 0.6 is 0 Å². The van der Waals surface area contributed by atoms with Crippen molar-refractivity contribution in [2.24, 2.45) is 11.3 Å². The van der Waals surface area contributed by atoms with Crippen LogP contribution in [0.15, 0.2) is 0 Å². The number of hydrogen-bond acceptors (Lipinski definition) is 3. The zero-order valence-corrected chi connectivity index (χ0v) is 9.27. The summed E-state index contributed by atoms with van der Waals surface area (Å²) < 4.78 is 0. The van der Waals surface area contributed by atoms with Gasteiger partial charge in [0.1, 0.15) is 0 Å². The molecule has 0 fully saturated rings. The molecule has 0 saturated carbocycles. The second kappa shape index (κ2) is 5.48. The Hall–Kier alpha value is -1.59. The van der Waals surface area contributed by atoms with Gasteiger partial charge in [0.2, 0.25) is 0 Å². The SMILES string of the molecule is CCC(CC)C(CC(=O)O)(C(=O)O)C(=O)O. The lowest BCUT2D eigenvalue weighted by Crippen LogP contribution is -2.47. The van der Waals surface area contributed by atoms with Gasteiger partial charge in [0.05, 0.1) is 6.42 Å². The maximum atomic E-state index is 11.1. The van der Waals surface area contributed by atoms with Crippen molar-refractivity contribution in [2.45, 2.75) is 33.1 Å². The second-order valence-electron chi connectivity index (χ2n) is 3.67. The first-order valence-electron chi connectivity index (χ1n) is 5.01. The molecule has 0 aliphatic carbocycles. The number of carbonyl (C=O) groups is 3. The van der Waals surface area contributed by atoms with E-state index in [2.05, 4.69) is 0 Å². The van der Waals surface area contributed by atoms with Crippen LogP contribution in [0.3, 0.4) is 0 Å². The lowest BCUT2D eigenvalue weighted by atomic mass is 9.70. The van der Waals surface area contributed by atoms with Gasteiger partial charge in [-0.2, -0.15) is 0 Å². The lowest BCUT2D eigenvalue weighted by Gasteiger charge is -2.30. The molecule has 0 bridgehead atoms. The highest BCUT2D eigenvalue weighted by Crippen LogP contribution is 2.37. The zero-order chi connectivity index (χ0) is 12.9. The third-order valence-corrected chi connectivity index (χ3v) is 2.88. The van der Waals surface area contributed by atoms with Crippen LogP contribution in [0, 0.1) is 11.3 Å². The molecule has 6 nitrogen and oxygen atoms in total. The first-order chi connectivity index (χ1) is 7.32. The van der Waals surface area contributed by atoms with E-state index in [1.807, 2.05) is 0 Å². The van der Waals surface area contributed by atoms with Gasteiger partial charge in [-0.25, -0.2) is 0 Å². The minimum atomic E-state index is -2.23. The molecule has 0 aromatic carbocycles. The molecule has 0 unspecified atom stereocenters. The van der Waals surface area contributed by atoms with Crippen molar-refractivity contribution in [3.63, 3.8) is 0 Å². The molecule has 0 saturated heterocycles. The van der Waals surface area contributed by atoms with E-state index in [-0.39, 0.29) is 0 Å². The van der Waals surface area contributed by atoms with Gasteiger partial charge in [-0.1, -0.05) is 26.7 Å². The van der Waals surface area contributed by atoms with Crippen LogP contribution in [0.1, 0.15) is 33.1 Å². The van der Waals surface area contributed by atoms with Crippen molar-refractivity contribution < 1.29 is 29.7 Å². The Morgan fingerprint density at radius 1 is 1.00 bits per heavy atom. The zero-order valence-electron chi connectivity index (χ0n) is 9.27. The fraction of sp³-hybridized carbons (Fsp3) is 0.700. The van der Waals surface area contributed by atoms with Gasteiger partial charge in [0.25, 0.3) is 0 Å². The molecule has 0 aromatic heterocycles. The normalized spacial score (nSPS) is 11.4. The van der Waals surface area contributed by atoms with Crippen LogP contribution in [-0.2, 0) is 14.4 Å². The molecule has 0 aliphatic heterocycles. The molecule has 92 valence electrons. The monoisotopic (exact) mass is 232 g/mol. The summed E-state index contributed by atoms with van der Waals surface area (Å²) in [7, 11) is 0. The maximum Gasteiger partial charge on any atom is 0.321 e. The number of carboxylic acid groups (broad SMARTS) is 3. The molecular weight excluding hydrogens is 216 g/mol. The van der Waals surface area contributed by atoms with Crippen LogP contribution < -0.4 is 0 Å². The summed E-state index contributed by atoms with van der Waals surface area (Å²) in [5, 5.41) is 26.7. The predicted molar refractivity (Wildman–Crippen MR) is 54.0 cm³/mol. The quantitative estimate of drug-likeness (QED) is 0.565. The molecule has 0 amide bonds. The number of hydrogen-bond donors (Lipinski definition) is 3. The molecule has 0 rings (SSSR count). The van der Waals surface area contributed by atoms with E-state index < -0.39 is 35.7 Å². The number of carboxylic acids is 3. The molecule has 0 radical (unpaired) electrons. The molecule has 0 aromatic rings. The molecular formula is C10H16O6. The average Bonchev–Trinajstić information content (AvgIpc) is 2.16. The van der Waals surface area contributed by atoms with E-state index in [9.17, 15) is 14.4 Å². The molecule has 6 heteroatoms.